The van der Waals surface area contributed by atoms with Gasteiger partial charge in [-0.25, -0.2) is 4.79 Å². The van der Waals surface area contributed by atoms with Gasteiger partial charge in [0, 0.05) is 5.39 Å². The monoisotopic (exact) mass is 314 g/mol. The van der Waals surface area contributed by atoms with Gasteiger partial charge in [-0.2, -0.15) is 5.10 Å². The molecule has 7 heteroatoms. The highest BCUT2D eigenvalue weighted by atomic mass is 16.6. The van der Waals surface area contributed by atoms with Crippen molar-refractivity contribution in [1.82, 2.24) is 15.4 Å². The summed E-state index contributed by atoms with van der Waals surface area (Å²) in [6, 6.07) is 5.79. The first-order chi connectivity index (χ1) is 10.8. The Bertz CT molecular complexity index is 858. The van der Waals surface area contributed by atoms with Crippen molar-refractivity contribution in [3.05, 3.63) is 30.2 Å². The molecule has 1 amide bonds. The number of aryl methyl sites for hydroxylation is 1. The summed E-state index contributed by atoms with van der Waals surface area (Å²) in [4.78, 5) is 12.0. The van der Waals surface area contributed by atoms with E-state index in [0.717, 1.165) is 22.0 Å². The average molecular weight is 314 g/mol. The van der Waals surface area contributed by atoms with Crippen LogP contribution in [0.5, 0.6) is 0 Å². The van der Waals surface area contributed by atoms with Crippen LogP contribution in [0.25, 0.3) is 22.0 Å². The molecule has 0 unspecified atom stereocenters. The second-order valence-electron chi connectivity index (χ2n) is 6.26. The number of aromatic amines is 1. The van der Waals surface area contributed by atoms with E-state index in [1.54, 1.807) is 33.9 Å². The molecule has 2 N–H and O–H groups in total. The van der Waals surface area contributed by atoms with Crippen molar-refractivity contribution in [2.24, 2.45) is 0 Å². The fraction of sp³-hybridized carbons (Fsp3) is 0.312. The maximum Gasteiger partial charge on any atom is 0.413 e. The van der Waals surface area contributed by atoms with Gasteiger partial charge in [0.05, 0.1) is 17.3 Å². The Labute approximate surface area is 133 Å². The number of nitrogens with one attached hydrogen (secondary N) is 2. The van der Waals surface area contributed by atoms with E-state index >= 15 is 0 Å². The lowest BCUT2D eigenvalue weighted by molar-refractivity contribution is 0.0634. The smallest absolute Gasteiger partial charge is 0.413 e. The highest BCUT2D eigenvalue weighted by molar-refractivity contribution is 5.92. The molecule has 3 rings (SSSR count). The van der Waals surface area contributed by atoms with Crippen molar-refractivity contribution in [1.29, 1.82) is 0 Å². The Morgan fingerprint density at radius 1 is 1.35 bits per heavy atom. The second kappa shape index (κ2) is 5.42. The molecular weight excluding hydrogens is 296 g/mol. The Morgan fingerprint density at radius 3 is 2.87 bits per heavy atom. The van der Waals surface area contributed by atoms with E-state index in [0.29, 0.717) is 11.6 Å². The first kappa shape index (κ1) is 15.1. The highest BCUT2D eigenvalue weighted by Crippen LogP contribution is 2.32. The molecule has 3 aromatic rings. The SMILES string of the molecule is Cc1onc(NC(=O)OC(C)(C)C)c1-c1ccc2[nH]ncc2c1. The summed E-state index contributed by atoms with van der Waals surface area (Å²) in [5.41, 5.74) is 1.95. The van der Waals surface area contributed by atoms with E-state index in [1.165, 1.54) is 0 Å². The normalized spacial score (nSPS) is 11.7. The lowest BCUT2D eigenvalue weighted by Crippen LogP contribution is -2.27. The van der Waals surface area contributed by atoms with E-state index < -0.39 is 11.7 Å². The number of hydrogen-bond acceptors (Lipinski definition) is 5. The zero-order valence-corrected chi connectivity index (χ0v) is 13.4. The molecule has 23 heavy (non-hydrogen) atoms. The number of aromatic nitrogens is 3. The zero-order chi connectivity index (χ0) is 16.6. The van der Waals surface area contributed by atoms with Gasteiger partial charge >= 0.3 is 6.09 Å². The van der Waals surface area contributed by atoms with E-state index in [2.05, 4.69) is 20.7 Å². The molecule has 120 valence electrons. The van der Waals surface area contributed by atoms with Crippen molar-refractivity contribution in [2.75, 3.05) is 5.32 Å². The molecule has 7 nitrogen and oxygen atoms in total. The molecular formula is C16H18N4O3. The lowest BCUT2D eigenvalue weighted by atomic mass is 10.0. The molecule has 2 heterocycles. The number of fused-ring (bicyclic) bond motifs is 1. The standard InChI is InChI=1S/C16H18N4O3/c1-9-13(10-5-6-12-11(7-10)8-17-19-12)14(20-23-9)18-15(21)22-16(2,3)4/h5-8H,1-4H3,(H,17,19)(H,18,20,21). The lowest BCUT2D eigenvalue weighted by Gasteiger charge is -2.19. The minimum atomic E-state index is -0.585. The van der Waals surface area contributed by atoms with Crippen LogP contribution in [0.3, 0.4) is 0 Å². The molecule has 0 saturated heterocycles. The maximum absolute atomic E-state index is 12.0. The first-order valence-corrected chi connectivity index (χ1v) is 7.23. The number of benzene rings is 1. The van der Waals surface area contributed by atoms with Crippen molar-refractivity contribution < 1.29 is 14.1 Å². The average Bonchev–Trinajstić information content (AvgIpc) is 3.02. The van der Waals surface area contributed by atoms with Crippen molar-refractivity contribution >= 4 is 22.8 Å². The van der Waals surface area contributed by atoms with Crippen LogP contribution in [0.2, 0.25) is 0 Å². The first-order valence-electron chi connectivity index (χ1n) is 7.23. The fourth-order valence-corrected chi connectivity index (χ4v) is 2.30. The molecule has 0 saturated carbocycles. The second-order valence-corrected chi connectivity index (χ2v) is 6.26. The molecule has 0 spiro atoms. The van der Waals surface area contributed by atoms with Crippen LogP contribution in [-0.2, 0) is 4.74 Å². The summed E-state index contributed by atoms with van der Waals surface area (Å²) in [5, 5.41) is 14.4. The van der Waals surface area contributed by atoms with Crippen LogP contribution in [0.4, 0.5) is 10.6 Å². The van der Waals surface area contributed by atoms with Gasteiger partial charge in [0.2, 0.25) is 0 Å². The minimum Gasteiger partial charge on any atom is -0.444 e. The molecule has 2 aromatic heterocycles. The van der Waals surface area contributed by atoms with Crippen LogP contribution in [0, 0.1) is 6.92 Å². The number of carbonyl (C=O) groups is 1. The van der Waals surface area contributed by atoms with Gasteiger partial charge in [-0.15, -0.1) is 0 Å². The minimum absolute atomic E-state index is 0.333. The molecule has 0 aliphatic heterocycles. The summed E-state index contributed by atoms with van der Waals surface area (Å²) in [6.45, 7) is 7.19. The summed E-state index contributed by atoms with van der Waals surface area (Å²) >= 11 is 0. The number of nitrogens with zero attached hydrogens (tertiary/aromatic N) is 2. The topological polar surface area (TPSA) is 93.0 Å². The third kappa shape index (κ3) is 3.18. The Kier molecular flexibility index (Phi) is 3.55. The number of rotatable bonds is 2. The molecule has 0 atom stereocenters. The Morgan fingerprint density at radius 2 is 2.13 bits per heavy atom. The number of carbonyl (C=O) groups excluding carboxylic acids is 1. The molecule has 0 fully saturated rings. The summed E-state index contributed by atoms with van der Waals surface area (Å²) in [6.07, 6.45) is 1.17. The van der Waals surface area contributed by atoms with Crippen LogP contribution in [0.15, 0.2) is 28.9 Å². The van der Waals surface area contributed by atoms with Crippen molar-refractivity contribution in [3.63, 3.8) is 0 Å². The summed E-state index contributed by atoms with van der Waals surface area (Å²) in [7, 11) is 0. The van der Waals surface area contributed by atoms with E-state index in [1.807, 2.05) is 18.2 Å². The maximum atomic E-state index is 12.0. The van der Waals surface area contributed by atoms with Gasteiger partial charge in [-0.05, 0) is 45.4 Å². The molecule has 0 aliphatic carbocycles. The van der Waals surface area contributed by atoms with Gasteiger partial charge in [0.15, 0.2) is 5.82 Å². The molecule has 0 aliphatic rings. The van der Waals surface area contributed by atoms with Crippen LogP contribution in [0.1, 0.15) is 26.5 Å². The fourth-order valence-electron chi connectivity index (χ4n) is 2.30. The molecule has 1 aromatic carbocycles. The quantitative estimate of drug-likeness (QED) is 0.749. The highest BCUT2D eigenvalue weighted by Gasteiger charge is 2.21. The largest absolute Gasteiger partial charge is 0.444 e. The number of anilines is 1. The number of amides is 1. The molecule has 0 radical (unpaired) electrons. The predicted molar refractivity (Wildman–Crippen MR) is 86.2 cm³/mol. The van der Waals surface area contributed by atoms with Gasteiger partial charge < -0.3 is 9.26 Å². The Hall–Kier alpha value is -2.83. The van der Waals surface area contributed by atoms with Crippen molar-refractivity contribution in [2.45, 2.75) is 33.3 Å². The zero-order valence-electron chi connectivity index (χ0n) is 13.4. The predicted octanol–water partition coefficient (Wildman–Crippen LogP) is 3.87. The van der Waals surface area contributed by atoms with Gasteiger partial charge in [-0.1, -0.05) is 11.2 Å². The van der Waals surface area contributed by atoms with Gasteiger partial charge in [-0.3, -0.25) is 10.4 Å². The summed E-state index contributed by atoms with van der Waals surface area (Å²) < 4.78 is 10.5. The molecule has 0 bridgehead atoms. The van der Waals surface area contributed by atoms with Gasteiger partial charge in [0.1, 0.15) is 11.4 Å². The van der Waals surface area contributed by atoms with Crippen LogP contribution in [-0.4, -0.2) is 27.0 Å². The Balaban J connectivity index is 1.93. The van der Waals surface area contributed by atoms with Gasteiger partial charge in [0.25, 0.3) is 0 Å². The number of H-pyrrole nitrogens is 1. The summed E-state index contributed by atoms with van der Waals surface area (Å²) in [5.74, 6) is 0.943. The van der Waals surface area contributed by atoms with Crippen LogP contribution >= 0.6 is 0 Å². The third-order valence-electron chi connectivity index (χ3n) is 3.21. The van der Waals surface area contributed by atoms with E-state index in [4.69, 9.17) is 9.26 Å². The third-order valence-corrected chi connectivity index (χ3v) is 3.21. The van der Waals surface area contributed by atoms with Crippen molar-refractivity contribution in [3.8, 4) is 11.1 Å². The van der Waals surface area contributed by atoms with E-state index in [9.17, 15) is 4.79 Å². The van der Waals surface area contributed by atoms with E-state index in [-0.39, 0.29) is 0 Å². The van der Waals surface area contributed by atoms with Crippen LogP contribution < -0.4 is 5.32 Å². The number of ether oxygens (including phenoxy) is 1. The number of hydrogen-bond donors (Lipinski definition) is 2.